The van der Waals surface area contributed by atoms with E-state index in [4.69, 9.17) is 5.11 Å². The lowest BCUT2D eigenvalue weighted by molar-refractivity contribution is 0.188. The fraction of sp³-hybridized carbons (Fsp3) is 0.615. The molecule has 118 valence electrons. The Labute approximate surface area is 125 Å². The Morgan fingerprint density at radius 2 is 2.00 bits per heavy atom. The molecular formula is C13H22N4O3S. The molecule has 0 aromatic carbocycles. The molecule has 1 aliphatic heterocycles. The van der Waals surface area contributed by atoms with Gasteiger partial charge in [-0.3, -0.25) is 4.90 Å². The van der Waals surface area contributed by atoms with E-state index in [1.165, 1.54) is 6.20 Å². The molecule has 8 heteroatoms. The first-order valence-corrected chi connectivity index (χ1v) is 8.59. The number of pyridine rings is 1. The summed E-state index contributed by atoms with van der Waals surface area (Å²) in [7, 11) is -3.44. The largest absolute Gasteiger partial charge is 0.395 e. The van der Waals surface area contributed by atoms with Crippen LogP contribution < -0.4 is 9.62 Å². The van der Waals surface area contributed by atoms with E-state index in [9.17, 15) is 8.42 Å². The SMILES string of the molecule is CCNS(=O)(=O)c1ccc(N2CCN(CCO)CC2)nc1. The van der Waals surface area contributed by atoms with E-state index in [0.717, 1.165) is 32.0 Å². The van der Waals surface area contributed by atoms with Crippen molar-refractivity contribution < 1.29 is 13.5 Å². The van der Waals surface area contributed by atoms with E-state index in [1.807, 2.05) is 0 Å². The van der Waals surface area contributed by atoms with Gasteiger partial charge in [0.05, 0.1) is 6.61 Å². The van der Waals surface area contributed by atoms with E-state index in [1.54, 1.807) is 19.1 Å². The molecule has 1 aromatic heterocycles. The lowest BCUT2D eigenvalue weighted by Crippen LogP contribution is -2.47. The molecule has 1 fully saturated rings. The first-order valence-electron chi connectivity index (χ1n) is 7.10. The Hall–Kier alpha value is -1.22. The summed E-state index contributed by atoms with van der Waals surface area (Å²) in [5, 5.41) is 8.92. The second-order valence-corrected chi connectivity index (χ2v) is 6.67. The summed E-state index contributed by atoms with van der Waals surface area (Å²) in [4.78, 5) is 8.77. The van der Waals surface area contributed by atoms with E-state index >= 15 is 0 Å². The van der Waals surface area contributed by atoms with Gasteiger partial charge < -0.3 is 10.0 Å². The van der Waals surface area contributed by atoms with Gasteiger partial charge in [-0.2, -0.15) is 0 Å². The average Bonchev–Trinajstić information content (AvgIpc) is 2.48. The molecule has 1 aliphatic rings. The number of aliphatic hydroxyl groups excluding tert-OH is 1. The van der Waals surface area contributed by atoms with Crippen molar-refractivity contribution in [1.29, 1.82) is 0 Å². The van der Waals surface area contributed by atoms with E-state index in [-0.39, 0.29) is 11.5 Å². The predicted molar refractivity (Wildman–Crippen MR) is 80.8 cm³/mol. The van der Waals surface area contributed by atoms with Crippen molar-refractivity contribution in [2.45, 2.75) is 11.8 Å². The molecule has 1 saturated heterocycles. The van der Waals surface area contributed by atoms with Crippen LogP contribution in [-0.2, 0) is 10.0 Å². The van der Waals surface area contributed by atoms with Crippen molar-refractivity contribution in [3.8, 4) is 0 Å². The maximum atomic E-state index is 11.8. The zero-order valence-electron chi connectivity index (χ0n) is 12.2. The van der Waals surface area contributed by atoms with Crippen molar-refractivity contribution in [1.82, 2.24) is 14.6 Å². The molecule has 0 bridgehead atoms. The molecule has 2 N–H and O–H groups in total. The topological polar surface area (TPSA) is 85.8 Å². The Kier molecular flexibility index (Phi) is 5.51. The van der Waals surface area contributed by atoms with Gasteiger partial charge in [0.1, 0.15) is 10.7 Å². The van der Waals surface area contributed by atoms with E-state index in [0.29, 0.717) is 13.1 Å². The molecule has 0 saturated carbocycles. The molecule has 0 amide bonds. The molecule has 0 atom stereocenters. The quantitative estimate of drug-likeness (QED) is 0.736. The molecule has 0 radical (unpaired) electrons. The van der Waals surface area contributed by atoms with Gasteiger partial charge in [0.2, 0.25) is 10.0 Å². The minimum atomic E-state index is -3.44. The van der Waals surface area contributed by atoms with Crippen molar-refractivity contribution in [3.05, 3.63) is 18.3 Å². The van der Waals surface area contributed by atoms with E-state index < -0.39 is 10.0 Å². The van der Waals surface area contributed by atoms with Crippen molar-refractivity contribution in [2.24, 2.45) is 0 Å². The third kappa shape index (κ3) is 4.13. The number of piperazine rings is 1. The van der Waals surface area contributed by atoms with Gasteiger partial charge >= 0.3 is 0 Å². The molecule has 1 aromatic rings. The molecule has 0 unspecified atom stereocenters. The first kappa shape index (κ1) is 16.2. The van der Waals surface area contributed by atoms with Crippen molar-refractivity contribution in [3.63, 3.8) is 0 Å². The smallest absolute Gasteiger partial charge is 0.242 e. The Morgan fingerprint density at radius 3 is 2.52 bits per heavy atom. The number of β-amino-alcohol motifs (C(OH)–C–C–N with tert-alkyl or cyclic N) is 1. The third-order valence-electron chi connectivity index (χ3n) is 3.48. The fourth-order valence-corrected chi connectivity index (χ4v) is 3.32. The fourth-order valence-electron chi connectivity index (χ4n) is 2.33. The van der Waals surface area contributed by atoms with Gasteiger partial charge in [-0.05, 0) is 12.1 Å². The normalized spacial score (nSPS) is 17.1. The summed E-state index contributed by atoms with van der Waals surface area (Å²) in [5.41, 5.74) is 0. The van der Waals surface area contributed by atoms with Crippen LogP contribution in [0.15, 0.2) is 23.2 Å². The maximum Gasteiger partial charge on any atom is 0.242 e. The van der Waals surface area contributed by atoms with Crippen molar-refractivity contribution >= 4 is 15.8 Å². The highest BCUT2D eigenvalue weighted by atomic mass is 32.2. The van der Waals surface area contributed by atoms with Crippen LogP contribution in [0.4, 0.5) is 5.82 Å². The monoisotopic (exact) mass is 314 g/mol. The molecule has 2 heterocycles. The summed E-state index contributed by atoms with van der Waals surface area (Å²) >= 11 is 0. The zero-order chi connectivity index (χ0) is 15.3. The Morgan fingerprint density at radius 1 is 1.29 bits per heavy atom. The molecule has 21 heavy (non-hydrogen) atoms. The summed E-state index contributed by atoms with van der Waals surface area (Å²) in [6.45, 7) is 6.37. The zero-order valence-corrected chi connectivity index (χ0v) is 13.0. The van der Waals surface area contributed by atoms with Crippen LogP contribution in [-0.4, -0.2) is 69.3 Å². The van der Waals surface area contributed by atoms with Gasteiger partial charge in [0.25, 0.3) is 0 Å². The average molecular weight is 314 g/mol. The number of aromatic nitrogens is 1. The van der Waals surface area contributed by atoms with Crippen LogP contribution in [0, 0.1) is 0 Å². The minimum Gasteiger partial charge on any atom is -0.395 e. The molecule has 7 nitrogen and oxygen atoms in total. The number of nitrogens with one attached hydrogen (secondary N) is 1. The van der Waals surface area contributed by atoms with Crippen LogP contribution in [0.1, 0.15) is 6.92 Å². The third-order valence-corrected chi connectivity index (χ3v) is 5.01. The lowest BCUT2D eigenvalue weighted by Gasteiger charge is -2.35. The highest BCUT2D eigenvalue weighted by Crippen LogP contribution is 2.16. The standard InChI is InChI=1S/C13H22N4O3S/c1-2-15-21(19,20)12-3-4-13(14-11-12)17-7-5-16(6-8-17)9-10-18/h3-4,11,15,18H,2,5-10H2,1H3. The predicted octanol–water partition coefficient (Wildman–Crippen LogP) is -0.506. The second-order valence-electron chi connectivity index (χ2n) is 4.91. The van der Waals surface area contributed by atoms with Gasteiger partial charge in [-0.1, -0.05) is 6.92 Å². The van der Waals surface area contributed by atoms with Crippen LogP contribution in [0.2, 0.25) is 0 Å². The molecular weight excluding hydrogens is 292 g/mol. The summed E-state index contributed by atoms with van der Waals surface area (Å²) < 4.78 is 26.1. The van der Waals surface area contributed by atoms with Crippen molar-refractivity contribution in [2.75, 3.05) is 50.8 Å². The summed E-state index contributed by atoms with van der Waals surface area (Å²) in [6, 6.07) is 3.33. The number of aliphatic hydroxyl groups is 1. The van der Waals surface area contributed by atoms with Crippen LogP contribution in [0.25, 0.3) is 0 Å². The molecule has 0 aliphatic carbocycles. The molecule has 2 rings (SSSR count). The minimum absolute atomic E-state index is 0.176. The van der Waals surface area contributed by atoms with Gasteiger partial charge in [0.15, 0.2) is 0 Å². The molecule has 0 spiro atoms. The van der Waals surface area contributed by atoms with Gasteiger partial charge in [-0.25, -0.2) is 18.1 Å². The van der Waals surface area contributed by atoms with Crippen LogP contribution in [0.5, 0.6) is 0 Å². The maximum absolute atomic E-state index is 11.8. The van der Waals surface area contributed by atoms with Crippen LogP contribution in [0.3, 0.4) is 0 Å². The number of sulfonamides is 1. The second kappa shape index (κ2) is 7.17. The summed E-state index contributed by atoms with van der Waals surface area (Å²) in [5.74, 6) is 0.786. The lowest BCUT2D eigenvalue weighted by atomic mass is 10.3. The first-order chi connectivity index (χ1) is 10.1. The number of nitrogens with zero attached hydrogens (tertiary/aromatic N) is 3. The Balaban J connectivity index is 2.00. The Bertz CT molecular complexity index is 539. The number of rotatable bonds is 6. The van der Waals surface area contributed by atoms with E-state index in [2.05, 4.69) is 19.5 Å². The number of hydrogen-bond acceptors (Lipinski definition) is 6. The number of hydrogen-bond donors (Lipinski definition) is 2. The number of anilines is 1. The van der Waals surface area contributed by atoms with Crippen LogP contribution >= 0.6 is 0 Å². The van der Waals surface area contributed by atoms with Gasteiger partial charge in [0, 0.05) is 45.5 Å². The summed E-state index contributed by atoms with van der Waals surface area (Å²) in [6.07, 6.45) is 1.40. The van der Waals surface area contributed by atoms with Gasteiger partial charge in [-0.15, -0.1) is 0 Å². The highest BCUT2D eigenvalue weighted by Gasteiger charge is 2.19. The highest BCUT2D eigenvalue weighted by molar-refractivity contribution is 7.89.